The van der Waals surface area contributed by atoms with E-state index in [2.05, 4.69) is 5.32 Å². The number of benzene rings is 1. The summed E-state index contributed by atoms with van der Waals surface area (Å²) < 4.78 is 5.13. The number of ether oxygens (including phenoxy) is 1. The number of non-ortho nitro benzene ring substituents is 1. The molecule has 0 radical (unpaired) electrons. The van der Waals surface area contributed by atoms with Crippen LogP contribution in [0.25, 0.3) is 6.08 Å². The van der Waals surface area contributed by atoms with Crippen molar-refractivity contribution in [2.24, 2.45) is 0 Å². The Kier molecular flexibility index (Phi) is 4.31. The molecule has 0 saturated heterocycles. The maximum absolute atomic E-state index is 11.7. The van der Waals surface area contributed by atoms with Crippen LogP contribution in [0.5, 0.6) is 0 Å². The number of carbonyl (C=O) groups excluding carboxylic acids is 1. The molecular formula is C14H11N3O4. The third-order valence-corrected chi connectivity index (χ3v) is 2.75. The normalized spacial score (nSPS) is 13.9. The Labute approximate surface area is 120 Å². The van der Waals surface area contributed by atoms with E-state index in [0.717, 1.165) is 0 Å². The number of hydrogen-bond donors (Lipinski definition) is 1. The molecule has 1 N–H and O–H groups in total. The third-order valence-electron chi connectivity index (χ3n) is 2.75. The predicted molar refractivity (Wildman–Crippen MR) is 73.5 cm³/mol. The van der Waals surface area contributed by atoms with Crippen molar-refractivity contribution in [3.8, 4) is 6.07 Å². The second kappa shape index (κ2) is 6.34. The lowest BCUT2D eigenvalue weighted by Crippen LogP contribution is -2.21. The number of hydrogen-bond acceptors (Lipinski definition) is 5. The maximum Gasteiger partial charge on any atom is 0.270 e. The van der Waals surface area contributed by atoms with E-state index in [9.17, 15) is 14.9 Å². The molecule has 0 aromatic heterocycles. The van der Waals surface area contributed by atoms with Gasteiger partial charge in [-0.25, -0.2) is 0 Å². The number of amides is 1. The van der Waals surface area contributed by atoms with Crippen molar-refractivity contribution in [3.63, 3.8) is 0 Å². The first-order chi connectivity index (χ1) is 10.1. The molecule has 7 heteroatoms. The van der Waals surface area contributed by atoms with Crippen molar-refractivity contribution in [3.05, 3.63) is 57.5 Å². The van der Waals surface area contributed by atoms with E-state index in [0.29, 0.717) is 24.2 Å². The van der Waals surface area contributed by atoms with Gasteiger partial charge in [0, 0.05) is 24.6 Å². The van der Waals surface area contributed by atoms with Crippen LogP contribution in [0.1, 0.15) is 12.0 Å². The van der Waals surface area contributed by atoms with Gasteiger partial charge in [0.1, 0.15) is 6.07 Å². The Morgan fingerprint density at radius 2 is 2.33 bits per heavy atom. The summed E-state index contributed by atoms with van der Waals surface area (Å²) >= 11 is 0. The van der Waals surface area contributed by atoms with E-state index in [-0.39, 0.29) is 11.6 Å². The summed E-state index contributed by atoms with van der Waals surface area (Å²) in [5.41, 5.74) is 0.874. The van der Waals surface area contributed by atoms with Gasteiger partial charge in [-0.1, -0.05) is 12.1 Å². The number of carbonyl (C=O) groups is 1. The molecule has 21 heavy (non-hydrogen) atoms. The molecule has 1 aliphatic rings. The summed E-state index contributed by atoms with van der Waals surface area (Å²) in [5.74, 6) is -0.294. The van der Waals surface area contributed by atoms with Crippen molar-refractivity contribution in [2.45, 2.75) is 6.42 Å². The van der Waals surface area contributed by atoms with Gasteiger partial charge in [0.25, 0.3) is 11.6 Å². The minimum absolute atomic E-state index is 0.0499. The first kappa shape index (κ1) is 14.3. The molecule has 1 heterocycles. The summed E-state index contributed by atoms with van der Waals surface area (Å²) in [5, 5.41) is 21.9. The molecule has 0 aliphatic carbocycles. The van der Waals surface area contributed by atoms with Crippen LogP contribution in [-0.4, -0.2) is 17.4 Å². The molecule has 1 aliphatic heterocycles. The van der Waals surface area contributed by atoms with Gasteiger partial charge in [0.2, 0.25) is 5.88 Å². The fraction of sp³-hybridized carbons (Fsp3) is 0.143. The van der Waals surface area contributed by atoms with Crippen LogP contribution in [0.15, 0.2) is 41.8 Å². The molecule has 0 fully saturated rings. The molecule has 106 valence electrons. The van der Waals surface area contributed by atoms with E-state index >= 15 is 0 Å². The van der Waals surface area contributed by atoms with Crippen LogP contribution in [0.4, 0.5) is 5.69 Å². The van der Waals surface area contributed by atoms with Gasteiger partial charge in [-0.05, 0) is 11.6 Å². The van der Waals surface area contributed by atoms with Gasteiger partial charge in [0.15, 0.2) is 0 Å². The first-order valence-corrected chi connectivity index (χ1v) is 6.09. The zero-order valence-corrected chi connectivity index (χ0v) is 10.9. The quantitative estimate of drug-likeness (QED) is 0.516. The number of rotatable bonds is 4. The van der Waals surface area contributed by atoms with E-state index in [1.54, 1.807) is 6.07 Å². The molecule has 0 atom stereocenters. The Hall–Kier alpha value is -3.14. The van der Waals surface area contributed by atoms with E-state index in [4.69, 9.17) is 10.00 Å². The van der Waals surface area contributed by atoms with Crippen molar-refractivity contribution in [2.75, 3.05) is 6.61 Å². The fourth-order valence-corrected chi connectivity index (χ4v) is 1.74. The lowest BCUT2D eigenvalue weighted by molar-refractivity contribution is -0.384. The van der Waals surface area contributed by atoms with Crippen molar-refractivity contribution >= 4 is 17.7 Å². The fourth-order valence-electron chi connectivity index (χ4n) is 1.74. The van der Waals surface area contributed by atoms with Crippen LogP contribution < -0.4 is 5.32 Å². The minimum Gasteiger partial charge on any atom is -0.478 e. The van der Waals surface area contributed by atoms with Gasteiger partial charge >= 0.3 is 0 Å². The third kappa shape index (κ3) is 3.67. The largest absolute Gasteiger partial charge is 0.478 e. The summed E-state index contributed by atoms with van der Waals surface area (Å²) in [6, 6.07) is 7.86. The highest BCUT2D eigenvalue weighted by molar-refractivity contribution is 5.92. The molecule has 7 nitrogen and oxygen atoms in total. The monoisotopic (exact) mass is 285 g/mol. The predicted octanol–water partition coefficient (Wildman–Crippen LogP) is 1.88. The van der Waals surface area contributed by atoms with E-state index in [1.165, 1.54) is 30.4 Å². The second-order valence-corrected chi connectivity index (χ2v) is 4.19. The molecule has 1 amide bonds. The lowest BCUT2D eigenvalue weighted by atomic mass is 10.2. The number of nitrogens with one attached hydrogen (secondary N) is 1. The highest BCUT2D eigenvalue weighted by Gasteiger charge is 2.17. The molecule has 1 aromatic rings. The van der Waals surface area contributed by atoms with Crippen molar-refractivity contribution in [1.82, 2.24) is 5.32 Å². The topological polar surface area (TPSA) is 105 Å². The Bertz CT molecular complexity index is 686. The molecule has 0 bridgehead atoms. The number of nitrogens with zero attached hydrogens (tertiary/aromatic N) is 2. The molecule has 2 rings (SSSR count). The van der Waals surface area contributed by atoms with Crippen LogP contribution in [0.3, 0.4) is 0 Å². The Morgan fingerprint density at radius 1 is 1.52 bits per heavy atom. The summed E-state index contributed by atoms with van der Waals surface area (Å²) in [4.78, 5) is 21.8. The van der Waals surface area contributed by atoms with Gasteiger partial charge in [0.05, 0.1) is 17.1 Å². The average molecular weight is 285 g/mol. The maximum atomic E-state index is 11.7. The summed E-state index contributed by atoms with van der Waals surface area (Å²) in [6.07, 6.45) is 3.15. The van der Waals surface area contributed by atoms with Crippen molar-refractivity contribution in [1.29, 1.82) is 5.26 Å². The SMILES string of the molecule is N#CC1=C(NC(=O)/C=C/c2cccc([N+](=O)[O-])c2)OCC1. The Morgan fingerprint density at radius 3 is 3.05 bits per heavy atom. The highest BCUT2D eigenvalue weighted by Crippen LogP contribution is 2.16. The standard InChI is InChI=1S/C14H11N3O4/c15-9-11-6-7-21-14(11)16-13(18)5-4-10-2-1-3-12(8-10)17(19)20/h1-5,8H,6-7H2,(H,16,18)/b5-4+. The van der Waals surface area contributed by atoms with Gasteiger partial charge < -0.3 is 4.74 Å². The number of nitriles is 1. The van der Waals surface area contributed by atoms with Crippen molar-refractivity contribution < 1.29 is 14.5 Å². The van der Waals surface area contributed by atoms with Crippen LogP contribution in [0.2, 0.25) is 0 Å². The van der Waals surface area contributed by atoms with Gasteiger partial charge in [-0.3, -0.25) is 20.2 Å². The Balaban J connectivity index is 2.04. The van der Waals surface area contributed by atoms with Gasteiger partial charge in [-0.2, -0.15) is 5.26 Å². The summed E-state index contributed by atoms with van der Waals surface area (Å²) in [7, 11) is 0. The summed E-state index contributed by atoms with van der Waals surface area (Å²) in [6.45, 7) is 0.368. The first-order valence-electron chi connectivity index (χ1n) is 6.09. The highest BCUT2D eigenvalue weighted by atomic mass is 16.6. The van der Waals surface area contributed by atoms with Crippen LogP contribution >= 0.6 is 0 Å². The van der Waals surface area contributed by atoms with E-state index < -0.39 is 10.8 Å². The van der Waals surface area contributed by atoms with E-state index in [1.807, 2.05) is 6.07 Å². The van der Waals surface area contributed by atoms with Crippen LogP contribution in [-0.2, 0) is 9.53 Å². The molecular weight excluding hydrogens is 274 g/mol. The number of nitro benzene ring substituents is 1. The zero-order valence-electron chi connectivity index (χ0n) is 10.9. The van der Waals surface area contributed by atoms with Crippen LogP contribution in [0, 0.1) is 21.4 Å². The molecule has 0 spiro atoms. The molecule has 0 unspecified atom stereocenters. The average Bonchev–Trinajstić information content (AvgIpc) is 2.92. The smallest absolute Gasteiger partial charge is 0.270 e. The minimum atomic E-state index is -0.506. The van der Waals surface area contributed by atoms with Gasteiger partial charge in [-0.15, -0.1) is 0 Å². The molecule has 1 aromatic carbocycles. The molecule has 0 saturated carbocycles. The lowest BCUT2D eigenvalue weighted by Gasteiger charge is -2.03. The second-order valence-electron chi connectivity index (χ2n) is 4.19. The number of nitro groups is 1. The zero-order chi connectivity index (χ0) is 15.2.